The molecule has 1 saturated carbocycles. The first-order chi connectivity index (χ1) is 17.3. The van der Waals surface area contributed by atoms with Gasteiger partial charge in [-0.05, 0) is 37.5 Å². The van der Waals surface area contributed by atoms with E-state index in [1.165, 1.54) is 25.6 Å². The Bertz CT molecular complexity index is 1180. The second-order valence-corrected chi connectivity index (χ2v) is 11.5. The molecule has 0 spiro atoms. The average molecular weight is 539 g/mol. The molecule has 196 valence electrons. The minimum Gasteiger partial charge on any atom is -0.489 e. The molecule has 12 heteroatoms. The molecule has 1 aliphatic carbocycles. The minimum absolute atomic E-state index is 0.156. The van der Waals surface area contributed by atoms with Crippen molar-refractivity contribution in [2.24, 2.45) is 0 Å². The lowest BCUT2D eigenvalue weighted by Crippen LogP contribution is -2.42. The van der Waals surface area contributed by atoms with E-state index in [0.29, 0.717) is 62.6 Å². The molecule has 2 aliphatic rings. The highest BCUT2D eigenvalue weighted by Crippen LogP contribution is 2.38. The number of aromatic nitrogens is 2. The molecule has 0 atom stereocenters. The van der Waals surface area contributed by atoms with Crippen LogP contribution in [0.1, 0.15) is 45.4 Å². The number of nitrogens with one attached hydrogen (secondary N) is 1. The molecule has 1 N–H and O–H groups in total. The van der Waals surface area contributed by atoms with Crippen LogP contribution in [-0.4, -0.2) is 67.5 Å². The highest BCUT2D eigenvalue weighted by molar-refractivity contribution is 7.92. The topological polar surface area (TPSA) is 120 Å². The molecule has 1 aromatic heterocycles. The van der Waals surface area contributed by atoms with Crippen LogP contribution in [0, 0.1) is 0 Å². The molecule has 4 rings (SSSR count). The molecular formula is C24H31ClN4O6S. The third kappa shape index (κ3) is 6.12. The number of methoxy groups -OCH3 is 1. The van der Waals surface area contributed by atoms with Crippen molar-refractivity contribution < 1.29 is 27.4 Å². The van der Waals surface area contributed by atoms with Gasteiger partial charge in [-0.2, -0.15) is 4.98 Å². The second-order valence-electron chi connectivity index (χ2n) is 8.84. The molecular weight excluding hydrogens is 508 g/mol. The Hall–Kier alpha value is -2.79. The highest BCUT2D eigenvalue weighted by atomic mass is 35.5. The number of unbranched alkanes of at least 4 members (excludes halogenated alkanes) is 1. The van der Waals surface area contributed by atoms with Gasteiger partial charge < -0.3 is 24.4 Å². The number of nitrogens with zero attached hydrogens (tertiary/aromatic N) is 3. The van der Waals surface area contributed by atoms with Crippen molar-refractivity contribution in [1.29, 1.82) is 0 Å². The van der Waals surface area contributed by atoms with E-state index in [1.807, 2.05) is 6.92 Å². The number of hydrogen-bond acceptors (Lipinski definition) is 9. The summed E-state index contributed by atoms with van der Waals surface area (Å²) >= 11 is 6.40. The molecule has 1 aromatic carbocycles. The van der Waals surface area contributed by atoms with Crippen LogP contribution in [0.5, 0.6) is 11.6 Å². The number of benzene rings is 1. The summed E-state index contributed by atoms with van der Waals surface area (Å²) in [5.74, 6) is 0.895. The number of ether oxygens (including phenoxy) is 3. The number of carbonyl (C=O) groups excluding carboxylic acids is 1. The predicted molar refractivity (Wildman–Crippen MR) is 135 cm³/mol. The van der Waals surface area contributed by atoms with Crippen molar-refractivity contribution in [2.75, 3.05) is 32.1 Å². The first-order valence-electron chi connectivity index (χ1n) is 12.1. The van der Waals surface area contributed by atoms with Gasteiger partial charge in [-0.15, -0.1) is 0 Å². The molecule has 0 bridgehead atoms. The molecule has 0 unspecified atom stereocenters. The number of sulfone groups is 1. The Kier molecular flexibility index (Phi) is 8.40. The van der Waals surface area contributed by atoms with Crippen LogP contribution in [0.2, 0.25) is 5.02 Å². The van der Waals surface area contributed by atoms with Crippen molar-refractivity contribution >= 4 is 39.0 Å². The summed E-state index contributed by atoms with van der Waals surface area (Å²) in [6.07, 6.45) is 5.35. The van der Waals surface area contributed by atoms with Crippen molar-refractivity contribution in [3.05, 3.63) is 29.5 Å². The van der Waals surface area contributed by atoms with Gasteiger partial charge in [0.15, 0.2) is 15.7 Å². The van der Waals surface area contributed by atoms with Crippen LogP contribution in [0.3, 0.4) is 0 Å². The van der Waals surface area contributed by atoms with Gasteiger partial charge >= 0.3 is 6.09 Å². The minimum atomic E-state index is -3.34. The van der Waals surface area contributed by atoms with E-state index >= 15 is 0 Å². The van der Waals surface area contributed by atoms with Crippen LogP contribution in [-0.2, 0) is 14.6 Å². The van der Waals surface area contributed by atoms with Crippen LogP contribution in [0.4, 0.5) is 16.3 Å². The van der Waals surface area contributed by atoms with Crippen LogP contribution < -0.4 is 14.8 Å². The largest absolute Gasteiger partial charge is 0.489 e. The molecule has 0 radical (unpaired) electrons. The second kappa shape index (κ2) is 11.5. The quantitative estimate of drug-likeness (QED) is 0.432. The first-order valence-corrected chi connectivity index (χ1v) is 14.0. The molecule has 36 heavy (non-hydrogen) atoms. The van der Waals surface area contributed by atoms with Gasteiger partial charge in [-0.3, -0.25) is 0 Å². The molecule has 2 fully saturated rings. The summed E-state index contributed by atoms with van der Waals surface area (Å²) < 4.78 is 41.9. The van der Waals surface area contributed by atoms with Crippen molar-refractivity contribution in [2.45, 2.75) is 61.7 Å². The Labute approximate surface area is 216 Å². The first kappa shape index (κ1) is 26.3. The maximum Gasteiger partial charge on any atom is 0.409 e. The predicted octanol–water partition coefficient (Wildman–Crippen LogP) is 4.60. The summed E-state index contributed by atoms with van der Waals surface area (Å²) in [7, 11) is -1.86. The fourth-order valence-corrected chi connectivity index (χ4v) is 5.87. The standard InChI is InChI=1S/C24H31ClN4O6S/c1-3-4-13-34-24(30)29-11-9-16(10-12-29)35-23-21(33-2)22(26-15-27-23)28-20-8-7-18(14-19(20)25)36(31,32)17-5-6-17/h7-8,14-17H,3-6,9-13H2,1-2H3,(H,26,27,28). The van der Waals surface area contributed by atoms with Gasteiger partial charge in [0, 0.05) is 25.9 Å². The van der Waals surface area contributed by atoms with E-state index in [4.69, 9.17) is 25.8 Å². The number of halogens is 1. The van der Waals surface area contributed by atoms with Gasteiger partial charge in [0.05, 0.1) is 34.6 Å². The number of hydrogen-bond donors (Lipinski definition) is 1. The number of likely N-dealkylation sites (tertiary alicyclic amines) is 1. The van der Waals surface area contributed by atoms with Crippen molar-refractivity contribution in [3.8, 4) is 11.6 Å². The van der Waals surface area contributed by atoms with E-state index in [-0.39, 0.29) is 33.2 Å². The Morgan fingerprint density at radius 2 is 1.94 bits per heavy atom. The Morgan fingerprint density at radius 1 is 1.19 bits per heavy atom. The molecule has 10 nitrogen and oxygen atoms in total. The molecule has 2 heterocycles. The number of piperidine rings is 1. The highest BCUT2D eigenvalue weighted by Gasteiger charge is 2.37. The lowest BCUT2D eigenvalue weighted by atomic mass is 10.1. The maximum atomic E-state index is 12.5. The molecule has 2 aromatic rings. The summed E-state index contributed by atoms with van der Waals surface area (Å²) in [5.41, 5.74) is 0.476. The van der Waals surface area contributed by atoms with Gasteiger partial charge in [0.1, 0.15) is 12.4 Å². The van der Waals surface area contributed by atoms with Gasteiger partial charge in [0.25, 0.3) is 5.88 Å². The summed E-state index contributed by atoms with van der Waals surface area (Å²) in [6, 6.07) is 4.59. The van der Waals surface area contributed by atoms with E-state index in [1.54, 1.807) is 11.0 Å². The number of carbonyl (C=O) groups is 1. The number of anilines is 2. The van der Waals surface area contributed by atoms with Crippen LogP contribution >= 0.6 is 11.6 Å². The fourth-order valence-electron chi connectivity index (χ4n) is 3.90. The van der Waals surface area contributed by atoms with Crippen LogP contribution in [0.25, 0.3) is 0 Å². The Balaban J connectivity index is 1.40. The van der Waals surface area contributed by atoms with Crippen LogP contribution in [0.15, 0.2) is 29.4 Å². The van der Waals surface area contributed by atoms with E-state index in [0.717, 1.165) is 12.8 Å². The van der Waals surface area contributed by atoms with Crippen molar-refractivity contribution in [3.63, 3.8) is 0 Å². The third-order valence-electron chi connectivity index (χ3n) is 6.16. The molecule has 1 amide bonds. The van der Waals surface area contributed by atoms with Gasteiger partial charge in [-0.1, -0.05) is 24.9 Å². The smallest absolute Gasteiger partial charge is 0.409 e. The van der Waals surface area contributed by atoms with Gasteiger partial charge in [0.2, 0.25) is 5.75 Å². The van der Waals surface area contributed by atoms with E-state index in [9.17, 15) is 13.2 Å². The van der Waals surface area contributed by atoms with Gasteiger partial charge in [-0.25, -0.2) is 18.2 Å². The van der Waals surface area contributed by atoms with E-state index < -0.39 is 9.84 Å². The summed E-state index contributed by atoms with van der Waals surface area (Å²) in [4.78, 5) is 22.5. The zero-order chi connectivity index (χ0) is 25.7. The normalized spacial score (nSPS) is 16.5. The number of amides is 1. The lowest BCUT2D eigenvalue weighted by molar-refractivity contribution is 0.0645. The SMILES string of the molecule is CCCCOC(=O)N1CCC(Oc2ncnc(Nc3ccc(S(=O)(=O)C4CC4)cc3Cl)c2OC)CC1. The zero-order valence-corrected chi connectivity index (χ0v) is 22.0. The molecule has 1 aliphatic heterocycles. The average Bonchev–Trinajstić information content (AvgIpc) is 3.72. The molecule has 1 saturated heterocycles. The maximum absolute atomic E-state index is 12.5. The fraction of sp³-hybridized carbons (Fsp3) is 0.542. The van der Waals surface area contributed by atoms with Crippen molar-refractivity contribution in [1.82, 2.24) is 14.9 Å². The number of rotatable bonds is 10. The monoisotopic (exact) mass is 538 g/mol. The summed E-state index contributed by atoms with van der Waals surface area (Å²) in [5, 5.41) is 3.02. The third-order valence-corrected chi connectivity index (χ3v) is 8.74. The van der Waals surface area contributed by atoms with E-state index in [2.05, 4.69) is 15.3 Å². The summed E-state index contributed by atoms with van der Waals surface area (Å²) in [6.45, 7) is 3.54. The zero-order valence-electron chi connectivity index (χ0n) is 20.4. The Morgan fingerprint density at radius 3 is 2.58 bits per heavy atom. The lowest BCUT2D eigenvalue weighted by Gasteiger charge is -2.31.